The highest BCUT2D eigenvalue weighted by Gasteiger charge is 2.30. The summed E-state index contributed by atoms with van der Waals surface area (Å²) >= 11 is 0. The van der Waals surface area contributed by atoms with Gasteiger partial charge in [-0.3, -0.25) is 9.78 Å². The van der Waals surface area contributed by atoms with Crippen LogP contribution in [0.15, 0.2) is 48.7 Å². The maximum Gasteiger partial charge on any atom is 0.238 e. The molecule has 0 aliphatic carbocycles. The fourth-order valence-corrected chi connectivity index (χ4v) is 3.58. The van der Waals surface area contributed by atoms with E-state index in [4.69, 9.17) is 0 Å². The van der Waals surface area contributed by atoms with E-state index in [0.29, 0.717) is 13.0 Å². The Labute approximate surface area is 147 Å². The van der Waals surface area contributed by atoms with Gasteiger partial charge in [0.2, 0.25) is 5.91 Å². The van der Waals surface area contributed by atoms with Gasteiger partial charge in [0.1, 0.15) is 6.04 Å². The van der Waals surface area contributed by atoms with Crippen LogP contribution in [0.1, 0.15) is 23.7 Å². The Bertz CT molecular complexity index is 736. The summed E-state index contributed by atoms with van der Waals surface area (Å²) in [7, 11) is 0. The zero-order valence-electron chi connectivity index (χ0n) is 14.1. The van der Waals surface area contributed by atoms with Gasteiger partial charge < -0.3 is 10.2 Å². The third kappa shape index (κ3) is 3.50. The molecule has 2 aliphatic heterocycles. The molecular weight excluding hydrogens is 314 g/mol. The predicted molar refractivity (Wildman–Crippen MR) is 97.0 cm³/mol. The topological polar surface area (TPSA) is 69.3 Å². The first-order chi connectivity index (χ1) is 12.3. The van der Waals surface area contributed by atoms with Crippen LogP contribution < -0.4 is 21.1 Å². The van der Waals surface area contributed by atoms with E-state index in [0.717, 1.165) is 25.2 Å². The Kier molecular flexibility index (Phi) is 4.63. The van der Waals surface area contributed by atoms with E-state index in [2.05, 4.69) is 50.3 Å². The molecule has 1 amide bonds. The van der Waals surface area contributed by atoms with E-state index >= 15 is 0 Å². The number of carbonyl (C=O) groups excluding carboxylic acids is 1. The second kappa shape index (κ2) is 7.21. The molecule has 3 heterocycles. The molecule has 0 saturated carbocycles. The lowest BCUT2D eigenvalue weighted by Crippen LogP contribution is -2.45. The summed E-state index contributed by atoms with van der Waals surface area (Å²) in [4.78, 5) is 19.1. The zero-order valence-corrected chi connectivity index (χ0v) is 14.1. The third-order valence-electron chi connectivity index (χ3n) is 4.93. The molecule has 3 N–H and O–H groups in total. The highest BCUT2D eigenvalue weighted by molar-refractivity contribution is 5.82. The molecule has 4 rings (SSSR count). The van der Waals surface area contributed by atoms with Gasteiger partial charge in [0.25, 0.3) is 0 Å². The molecule has 0 spiro atoms. The van der Waals surface area contributed by atoms with Crippen LogP contribution in [0.5, 0.6) is 0 Å². The Balaban J connectivity index is 1.25. The van der Waals surface area contributed by atoms with Crippen LogP contribution in [-0.2, 0) is 11.2 Å². The highest BCUT2D eigenvalue weighted by Crippen LogP contribution is 2.26. The van der Waals surface area contributed by atoms with Crippen LogP contribution in [0.2, 0.25) is 0 Å². The highest BCUT2D eigenvalue weighted by atomic mass is 16.2. The molecule has 130 valence electrons. The van der Waals surface area contributed by atoms with E-state index in [1.807, 2.05) is 18.2 Å². The molecule has 1 saturated heterocycles. The molecule has 1 aromatic carbocycles. The van der Waals surface area contributed by atoms with Crippen molar-refractivity contribution < 1.29 is 4.79 Å². The number of pyridine rings is 1. The first-order valence-corrected chi connectivity index (χ1v) is 8.84. The smallest absolute Gasteiger partial charge is 0.238 e. The number of fused-ring (bicyclic) bond motifs is 1. The van der Waals surface area contributed by atoms with Crippen molar-refractivity contribution in [3.63, 3.8) is 0 Å². The molecule has 0 bridgehead atoms. The number of para-hydroxylation sites is 1. The van der Waals surface area contributed by atoms with E-state index in [-0.39, 0.29) is 18.0 Å². The number of anilines is 1. The second-order valence-electron chi connectivity index (χ2n) is 6.54. The molecule has 0 radical (unpaired) electrons. The van der Waals surface area contributed by atoms with Crippen molar-refractivity contribution in [1.82, 2.24) is 21.2 Å². The minimum Gasteiger partial charge on any atom is -0.369 e. The lowest BCUT2D eigenvalue weighted by molar-refractivity contribution is -0.122. The average molecular weight is 337 g/mol. The van der Waals surface area contributed by atoms with Crippen LogP contribution in [0, 0.1) is 0 Å². The number of rotatable bonds is 5. The second-order valence-corrected chi connectivity index (χ2v) is 6.54. The molecule has 6 nitrogen and oxygen atoms in total. The fraction of sp³-hybridized carbons (Fsp3) is 0.368. The molecule has 25 heavy (non-hydrogen) atoms. The summed E-state index contributed by atoms with van der Waals surface area (Å²) in [6.45, 7) is 2.52. The molecular formula is C19H23N5O. The number of benzene rings is 1. The number of nitrogens with zero attached hydrogens (tertiary/aromatic N) is 2. The van der Waals surface area contributed by atoms with Crippen LogP contribution in [0.4, 0.5) is 5.69 Å². The molecule has 1 aromatic heterocycles. The largest absolute Gasteiger partial charge is 0.369 e. The third-order valence-corrected chi connectivity index (χ3v) is 4.93. The van der Waals surface area contributed by atoms with Crippen molar-refractivity contribution in [1.29, 1.82) is 0 Å². The molecule has 2 unspecified atom stereocenters. The summed E-state index contributed by atoms with van der Waals surface area (Å²) in [6.07, 6.45) is 3.57. The normalized spacial score (nSPS) is 22.0. The summed E-state index contributed by atoms with van der Waals surface area (Å²) < 4.78 is 0. The van der Waals surface area contributed by atoms with E-state index in [1.54, 1.807) is 6.20 Å². The van der Waals surface area contributed by atoms with Gasteiger partial charge in [-0.15, -0.1) is 0 Å². The number of amides is 1. The van der Waals surface area contributed by atoms with Crippen molar-refractivity contribution in [3.8, 4) is 0 Å². The van der Waals surface area contributed by atoms with Crippen molar-refractivity contribution in [2.75, 3.05) is 24.5 Å². The maximum atomic E-state index is 12.4. The number of aromatic nitrogens is 1. The van der Waals surface area contributed by atoms with E-state index in [9.17, 15) is 4.79 Å². The summed E-state index contributed by atoms with van der Waals surface area (Å²) in [5, 5.41) is 3.05. The van der Waals surface area contributed by atoms with Gasteiger partial charge in [-0.2, -0.15) is 0 Å². The number of nitrogens with one attached hydrogen (secondary N) is 3. The van der Waals surface area contributed by atoms with Crippen LogP contribution >= 0.6 is 0 Å². The molecule has 2 aliphatic rings. The Hall–Kier alpha value is -2.44. The van der Waals surface area contributed by atoms with Crippen molar-refractivity contribution in [3.05, 3.63) is 59.9 Å². The minimum absolute atomic E-state index is 0.0402. The maximum absolute atomic E-state index is 12.4. The van der Waals surface area contributed by atoms with Gasteiger partial charge in [0, 0.05) is 31.5 Å². The van der Waals surface area contributed by atoms with Gasteiger partial charge in [-0.1, -0.05) is 24.3 Å². The van der Waals surface area contributed by atoms with Gasteiger partial charge in [-0.25, -0.2) is 10.9 Å². The minimum atomic E-state index is -0.224. The Morgan fingerprint density at radius 3 is 2.96 bits per heavy atom. The van der Waals surface area contributed by atoms with E-state index in [1.165, 1.54) is 11.3 Å². The molecule has 2 atom stereocenters. The standard InChI is InChI=1S/C19H23N5O/c25-19(17-13-16(22-23-17)15-6-3-4-9-20-15)21-10-12-24-11-8-14-5-1-2-7-18(14)24/h1-7,9,16-17,22-23H,8,10-13H2,(H,21,25). The predicted octanol–water partition coefficient (Wildman–Crippen LogP) is 1.17. The van der Waals surface area contributed by atoms with Crippen LogP contribution in [0.25, 0.3) is 0 Å². The Morgan fingerprint density at radius 2 is 2.08 bits per heavy atom. The van der Waals surface area contributed by atoms with Crippen molar-refractivity contribution in [2.24, 2.45) is 0 Å². The Morgan fingerprint density at radius 1 is 1.20 bits per heavy atom. The van der Waals surface area contributed by atoms with Gasteiger partial charge >= 0.3 is 0 Å². The van der Waals surface area contributed by atoms with Crippen molar-refractivity contribution >= 4 is 11.6 Å². The van der Waals surface area contributed by atoms with Gasteiger partial charge in [0.15, 0.2) is 0 Å². The van der Waals surface area contributed by atoms with Crippen molar-refractivity contribution in [2.45, 2.75) is 24.9 Å². The number of hydrazine groups is 1. The lowest BCUT2D eigenvalue weighted by Gasteiger charge is -2.20. The van der Waals surface area contributed by atoms with Gasteiger partial charge in [-0.05, 0) is 36.6 Å². The average Bonchev–Trinajstić information content (AvgIpc) is 3.30. The molecule has 1 fully saturated rings. The number of carbonyl (C=O) groups is 1. The number of hydrogen-bond acceptors (Lipinski definition) is 5. The SMILES string of the molecule is O=C(NCCN1CCc2ccccc21)C1CC(c2ccccn2)NN1. The summed E-state index contributed by atoms with van der Waals surface area (Å²) in [5.74, 6) is 0.0402. The molecule has 6 heteroatoms. The first kappa shape index (κ1) is 16.1. The summed E-state index contributed by atoms with van der Waals surface area (Å²) in [6, 6.07) is 14.2. The quantitative estimate of drug-likeness (QED) is 0.764. The van der Waals surface area contributed by atoms with Crippen LogP contribution in [-0.4, -0.2) is 36.6 Å². The summed E-state index contributed by atoms with van der Waals surface area (Å²) in [5.41, 5.74) is 9.90. The molecule has 2 aromatic rings. The number of hydrogen-bond donors (Lipinski definition) is 3. The fourth-order valence-electron chi connectivity index (χ4n) is 3.58. The first-order valence-electron chi connectivity index (χ1n) is 8.84. The van der Waals surface area contributed by atoms with Gasteiger partial charge in [0.05, 0.1) is 11.7 Å². The zero-order chi connectivity index (χ0) is 17.1. The monoisotopic (exact) mass is 337 g/mol. The van der Waals surface area contributed by atoms with Crippen LogP contribution in [0.3, 0.4) is 0 Å². The lowest BCUT2D eigenvalue weighted by atomic mass is 10.1. The van der Waals surface area contributed by atoms with E-state index < -0.39 is 0 Å².